The molecule has 0 bridgehead atoms. The second-order valence-electron chi connectivity index (χ2n) is 9.06. The molecule has 2 aromatic carbocycles. The van der Waals surface area contributed by atoms with Crippen molar-refractivity contribution in [2.75, 3.05) is 36.0 Å². The smallest absolute Gasteiger partial charge is 0.449 e. The van der Waals surface area contributed by atoms with Crippen LogP contribution in [0.2, 0.25) is 0 Å². The molecule has 1 aliphatic rings. The van der Waals surface area contributed by atoms with Crippen molar-refractivity contribution < 1.29 is 22.7 Å². The zero-order valence-electron chi connectivity index (χ0n) is 23.8. The Labute approximate surface area is 240 Å². The summed E-state index contributed by atoms with van der Waals surface area (Å²) in [4.78, 5) is 23.8. The molecule has 1 fully saturated rings. The van der Waals surface area contributed by atoms with Gasteiger partial charge in [0.1, 0.15) is 11.6 Å². The molecule has 3 aromatic rings. The van der Waals surface area contributed by atoms with Crippen LogP contribution in [0, 0.1) is 0 Å². The van der Waals surface area contributed by atoms with Gasteiger partial charge in [0.05, 0.1) is 6.54 Å². The molecule has 1 aliphatic heterocycles. The van der Waals surface area contributed by atoms with E-state index >= 15 is 0 Å². The third-order valence-electron chi connectivity index (χ3n) is 6.34. The van der Waals surface area contributed by atoms with Gasteiger partial charge in [-0.3, -0.25) is 4.90 Å². The van der Waals surface area contributed by atoms with E-state index in [4.69, 9.17) is 4.74 Å². The number of halogens is 3. The molecule has 0 N–H and O–H groups in total. The topological polar surface area (TPSA) is 48.9 Å². The van der Waals surface area contributed by atoms with Crippen LogP contribution < -0.4 is 9.80 Å². The summed E-state index contributed by atoms with van der Waals surface area (Å²) in [5, 5.41) is 0. The molecule has 41 heavy (non-hydrogen) atoms. The molecular weight excluding hydrogens is 529 g/mol. The fraction of sp³-hybridized carbons (Fsp3) is 0.312. The number of para-hydroxylation sites is 1. The maximum absolute atomic E-state index is 13.7. The van der Waals surface area contributed by atoms with E-state index in [1.807, 2.05) is 67.3 Å². The van der Waals surface area contributed by atoms with Gasteiger partial charge in [-0.1, -0.05) is 75.9 Å². The molecular formula is C32H37F3N4O2. The highest BCUT2D eigenvalue weighted by Gasteiger charge is 2.36. The van der Waals surface area contributed by atoms with Gasteiger partial charge in [0, 0.05) is 43.6 Å². The van der Waals surface area contributed by atoms with Crippen LogP contribution in [-0.4, -0.2) is 48.3 Å². The van der Waals surface area contributed by atoms with Crippen LogP contribution in [0.25, 0.3) is 5.76 Å². The average Bonchev–Trinajstić information content (AvgIpc) is 3.01. The van der Waals surface area contributed by atoms with Gasteiger partial charge >= 0.3 is 12.2 Å². The highest BCUT2D eigenvalue weighted by atomic mass is 19.4. The number of carbonyl (C=O) groups is 1. The number of benzene rings is 2. The van der Waals surface area contributed by atoms with Crippen molar-refractivity contribution in [3.8, 4) is 0 Å². The standard InChI is InChI=1S/C30H31F3N4O2.C2H6/c1-3-9-27(30(31,32)33)39-23(2)25-15-13-24(14-16-25)22-37(26-10-5-4-6-11-26)29(38)36-20-18-35(19-21-36)28-12-7-8-17-34-28;1-2/h4-17H,2-3,18-22H2,1H3;1-2H3/b27-9-;. The van der Waals surface area contributed by atoms with E-state index in [9.17, 15) is 18.0 Å². The second kappa shape index (κ2) is 14.9. The van der Waals surface area contributed by atoms with Crippen molar-refractivity contribution in [2.24, 2.45) is 0 Å². The number of nitrogens with zero attached hydrogens (tertiary/aromatic N) is 4. The highest BCUT2D eigenvalue weighted by molar-refractivity contribution is 5.92. The van der Waals surface area contributed by atoms with Crippen molar-refractivity contribution in [2.45, 2.75) is 39.9 Å². The van der Waals surface area contributed by atoms with Gasteiger partial charge in [0.15, 0.2) is 0 Å². The van der Waals surface area contributed by atoms with Crippen LogP contribution in [0.3, 0.4) is 0 Å². The number of anilines is 2. The van der Waals surface area contributed by atoms with E-state index in [0.29, 0.717) is 38.3 Å². The van der Waals surface area contributed by atoms with Crippen molar-refractivity contribution in [1.29, 1.82) is 0 Å². The van der Waals surface area contributed by atoms with Crippen molar-refractivity contribution >= 4 is 23.3 Å². The van der Waals surface area contributed by atoms with E-state index in [-0.39, 0.29) is 18.2 Å². The van der Waals surface area contributed by atoms with Gasteiger partial charge in [0.2, 0.25) is 5.76 Å². The first-order valence-electron chi connectivity index (χ1n) is 13.8. The SMILES string of the molecule is C=C(O/C(=C\CC)C(F)(F)F)c1ccc(CN(C(=O)N2CCN(c3ccccn3)CC2)c2ccccc2)cc1.CC. The molecule has 0 aliphatic carbocycles. The van der Waals surface area contributed by atoms with Gasteiger partial charge < -0.3 is 14.5 Å². The number of alkyl halides is 3. The second-order valence-corrected chi connectivity index (χ2v) is 9.06. The predicted molar refractivity (Wildman–Crippen MR) is 158 cm³/mol. The summed E-state index contributed by atoms with van der Waals surface area (Å²) in [6, 6.07) is 21.9. The Morgan fingerprint density at radius 1 is 0.976 bits per heavy atom. The minimum absolute atomic E-state index is 0.0969. The number of allylic oxidation sites excluding steroid dienone is 2. The minimum Gasteiger partial charge on any atom is -0.452 e. The normalized spacial score (nSPS) is 13.7. The Balaban J connectivity index is 0.00000226. The van der Waals surface area contributed by atoms with E-state index < -0.39 is 11.9 Å². The number of aromatic nitrogens is 1. The average molecular weight is 567 g/mol. The molecule has 4 rings (SSSR count). The Kier molecular flexibility index (Phi) is 11.4. The van der Waals surface area contributed by atoms with E-state index in [0.717, 1.165) is 23.1 Å². The maximum Gasteiger partial charge on any atom is 0.449 e. The molecule has 218 valence electrons. The number of hydrogen-bond donors (Lipinski definition) is 0. The van der Waals surface area contributed by atoms with Gasteiger partial charge in [-0.05, 0) is 42.3 Å². The summed E-state index contributed by atoms with van der Waals surface area (Å²) in [6.07, 6.45) is -1.67. The van der Waals surface area contributed by atoms with Crippen LogP contribution in [0.1, 0.15) is 38.3 Å². The largest absolute Gasteiger partial charge is 0.452 e. The molecule has 0 spiro atoms. The van der Waals surface area contributed by atoms with Crippen molar-refractivity contribution in [1.82, 2.24) is 9.88 Å². The molecule has 6 nitrogen and oxygen atoms in total. The Bertz CT molecular complexity index is 1270. The third-order valence-corrected chi connectivity index (χ3v) is 6.34. The number of amides is 2. The quantitative estimate of drug-likeness (QED) is 0.260. The fourth-order valence-corrected chi connectivity index (χ4v) is 4.29. The van der Waals surface area contributed by atoms with Gasteiger partial charge in [-0.25, -0.2) is 9.78 Å². The lowest BCUT2D eigenvalue weighted by atomic mass is 10.1. The molecule has 0 unspecified atom stereocenters. The number of pyridine rings is 1. The summed E-state index contributed by atoms with van der Waals surface area (Å²) < 4.78 is 44.7. The summed E-state index contributed by atoms with van der Waals surface area (Å²) >= 11 is 0. The number of hydrogen-bond acceptors (Lipinski definition) is 4. The Hall–Kier alpha value is -4.27. The van der Waals surface area contributed by atoms with Crippen LogP contribution in [0.4, 0.5) is 29.5 Å². The van der Waals surface area contributed by atoms with Gasteiger partial charge in [0.25, 0.3) is 0 Å². The first-order chi connectivity index (χ1) is 19.8. The zero-order valence-corrected chi connectivity index (χ0v) is 23.8. The zero-order chi connectivity index (χ0) is 29.8. The summed E-state index contributed by atoms with van der Waals surface area (Å²) in [5.74, 6) is -0.286. The lowest BCUT2D eigenvalue weighted by Crippen LogP contribution is -2.53. The molecule has 0 radical (unpaired) electrons. The molecule has 9 heteroatoms. The first-order valence-corrected chi connectivity index (χ1v) is 13.8. The Morgan fingerprint density at radius 2 is 1.61 bits per heavy atom. The lowest BCUT2D eigenvalue weighted by Gasteiger charge is -2.38. The number of urea groups is 1. The highest BCUT2D eigenvalue weighted by Crippen LogP contribution is 2.31. The third kappa shape index (κ3) is 8.61. The predicted octanol–water partition coefficient (Wildman–Crippen LogP) is 7.90. The lowest BCUT2D eigenvalue weighted by molar-refractivity contribution is -0.120. The van der Waals surface area contributed by atoms with Crippen LogP contribution in [0.15, 0.2) is 97.4 Å². The van der Waals surface area contributed by atoms with E-state index in [1.54, 1.807) is 42.3 Å². The van der Waals surface area contributed by atoms with Gasteiger partial charge in [-0.2, -0.15) is 13.2 Å². The summed E-state index contributed by atoms with van der Waals surface area (Å²) in [5.41, 5.74) is 2.00. The first kappa shape index (κ1) is 31.3. The molecule has 1 aromatic heterocycles. The number of carbonyl (C=O) groups excluding carboxylic acids is 1. The maximum atomic E-state index is 13.7. The Morgan fingerprint density at radius 3 is 2.17 bits per heavy atom. The van der Waals surface area contributed by atoms with E-state index in [1.165, 1.54) is 0 Å². The monoisotopic (exact) mass is 566 g/mol. The summed E-state index contributed by atoms with van der Waals surface area (Å²) in [6.45, 7) is 12.0. The number of piperazine rings is 1. The van der Waals surface area contributed by atoms with Crippen LogP contribution in [0.5, 0.6) is 0 Å². The number of ether oxygens (including phenoxy) is 1. The summed E-state index contributed by atoms with van der Waals surface area (Å²) in [7, 11) is 0. The van der Waals surface area contributed by atoms with Crippen molar-refractivity contribution in [3.05, 3.63) is 109 Å². The molecule has 1 saturated heterocycles. The minimum atomic E-state index is -4.60. The molecule has 0 atom stereocenters. The fourth-order valence-electron chi connectivity index (χ4n) is 4.29. The van der Waals surface area contributed by atoms with Crippen LogP contribution in [-0.2, 0) is 11.3 Å². The molecule has 2 heterocycles. The van der Waals surface area contributed by atoms with Crippen LogP contribution >= 0.6 is 0 Å². The molecule has 0 saturated carbocycles. The molecule has 2 amide bonds. The van der Waals surface area contributed by atoms with Crippen molar-refractivity contribution in [3.63, 3.8) is 0 Å². The van der Waals surface area contributed by atoms with Gasteiger partial charge in [-0.15, -0.1) is 0 Å². The number of rotatable bonds is 8. The van der Waals surface area contributed by atoms with E-state index in [2.05, 4.69) is 16.5 Å².